The van der Waals surface area contributed by atoms with Crippen molar-refractivity contribution in [3.05, 3.63) is 368 Å². The Morgan fingerprint density at radius 3 is 0.678 bits per heavy atom. The van der Waals surface area contributed by atoms with E-state index in [1.165, 1.54) is 12.1 Å². The Morgan fingerprint density at radius 2 is 0.475 bits per heavy atom. The molecular formula is C99H57F3N16. The lowest BCUT2D eigenvalue weighted by Crippen LogP contribution is -2.09. The first-order chi connectivity index (χ1) is 58.0. The molecule has 19 heteroatoms. The van der Waals surface area contributed by atoms with Crippen LogP contribution in [0, 0.1) is 17.9 Å². The Balaban J connectivity index is 0.878. The Kier molecular flexibility index (Phi) is 17.7. The van der Waals surface area contributed by atoms with Crippen molar-refractivity contribution in [1.82, 2.24) is 68.9 Å². The molecule has 0 spiro atoms. The van der Waals surface area contributed by atoms with E-state index in [9.17, 15) is 5.26 Å². The van der Waals surface area contributed by atoms with E-state index in [1.807, 2.05) is 325 Å². The van der Waals surface area contributed by atoms with Gasteiger partial charge in [0, 0.05) is 88.3 Å². The van der Waals surface area contributed by atoms with Gasteiger partial charge in [0.05, 0.1) is 45.6 Å². The summed E-state index contributed by atoms with van der Waals surface area (Å²) in [5.74, 6) is 4.90. The Labute approximate surface area is 672 Å². The van der Waals surface area contributed by atoms with Gasteiger partial charge in [-0.1, -0.05) is 261 Å². The number of nitriles is 1. The molecule has 0 aliphatic rings. The molecule has 0 bridgehead atoms. The van der Waals surface area contributed by atoms with Crippen molar-refractivity contribution >= 4 is 49.3 Å². The van der Waals surface area contributed by atoms with E-state index in [-0.39, 0.29) is 33.8 Å². The quantitative estimate of drug-likeness (QED) is 0.0881. The molecule has 0 amide bonds. The van der Waals surface area contributed by atoms with Crippen LogP contribution in [0.1, 0.15) is 11.1 Å². The average Bonchev–Trinajstić information content (AvgIpc) is 1.55. The molecule has 0 N–H and O–H groups in total. The maximum atomic E-state index is 16.2. The van der Waals surface area contributed by atoms with Gasteiger partial charge in [0.15, 0.2) is 75.6 Å². The van der Waals surface area contributed by atoms with E-state index in [0.717, 1.165) is 50.6 Å². The topological polar surface area (TPSA) is 193 Å². The fraction of sp³-hybridized carbons (Fsp3) is 0.0101. The average molecular weight is 1530 g/mol. The Morgan fingerprint density at radius 1 is 0.254 bits per heavy atom. The maximum absolute atomic E-state index is 16.2. The van der Waals surface area contributed by atoms with Gasteiger partial charge in [0.1, 0.15) is 11.6 Å². The first-order valence-corrected chi connectivity index (χ1v) is 37.8. The summed E-state index contributed by atoms with van der Waals surface area (Å²) in [6, 6.07) is 110. The van der Waals surface area contributed by atoms with E-state index in [4.69, 9.17) is 66.4 Å². The smallest absolute Gasteiger partial charge is 0.308 e. The van der Waals surface area contributed by atoms with Crippen LogP contribution in [0.3, 0.4) is 0 Å². The fourth-order valence-corrected chi connectivity index (χ4v) is 15.3. The van der Waals surface area contributed by atoms with Gasteiger partial charge in [-0.15, -0.1) is 0 Å². The zero-order chi connectivity index (χ0) is 79.4. The fourth-order valence-electron chi connectivity index (χ4n) is 15.3. The van der Waals surface area contributed by atoms with Gasteiger partial charge < -0.3 is 9.13 Å². The standard InChI is InChI=1S/C99H57F3N16/c1-104-79-44-26-43-78(99(100,101)102)86(79)72-57-84(117-80-49-45-68(95-109-87(60-27-10-2-11-28-60)105-88(110-95)61-29-12-3-13-30-61)53-73(80)74-54-69(46-50-81(74)117)96-111-89(62-31-14-4-15-32-62)106-90(112-96)63-33-16-5-17-34-63)77(59-103)85(58-72)118-82-51-47-70(97-113-91(64-35-18-6-19-36-64)107-92(114-97)65-37-20-7-21-38-65)55-75(82)76-56-71(48-52-83(76)118)98-115-93(66-39-22-8-23-40-66)108-94(116-98)67-41-24-9-25-42-67/h2-58H. The molecule has 6 aromatic heterocycles. The molecule has 0 aliphatic carbocycles. The van der Waals surface area contributed by atoms with Gasteiger partial charge in [-0.05, 0) is 96.1 Å². The van der Waals surface area contributed by atoms with E-state index in [1.54, 1.807) is 12.1 Å². The van der Waals surface area contributed by atoms with E-state index < -0.39 is 11.7 Å². The number of hydrogen-bond acceptors (Lipinski definition) is 13. The predicted octanol–water partition coefficient (Wildman–Crippen LogP) is 23.7. The number of halogens is 3. The summed E-state index contributed by atoms with van der Waals surface area (Å²) in [5.41, 5.74) is 9.37. The number of alkyl halides is 3. The summed E-state index contributed by atoms with van der Waals surface area (Å²) < 4.78 is 52.5. The Hall–Kier alpha value is -16.5. The summed E-state index contributed by atoms with van der Waals surface area (Å²) in [7, 11) is 0. The van der Waals surface area contributed by atoms with Crippen LogP contribution in [0.5, 0.6) is 0 Å². The lowest BCUT2D eigenvalue weighted by Gasteiger charge is -2.21. The normalized spacial score (nSPS) is 11.5. The van der Waals surface area contributed by atoms with Crippen LogP contribution < -0.4 is 0 Å². The molecule has 0 fully saturated rings. The van der Waals surface area contributed by atoms with Gasteiger partial charge in [-0.3, -0.25) is 0 Å². The number of benzene rings is 14. The predicted molar refractivity (Wildman–Crippen MR) is 455 cm³/mol. The lowest BCUT2D eigenvalue weighted by molar-refractivity contribution is -0.137. The highest BCUT2D eigenvalue weighted by molar-refractivity contribution is 6.14. The minimum absolute atomic E-state index is 0.00678. The summed E-state index contributed by atoms with van der Waals surface area (Å²) in [4.78, 5) is 65.3. The highest BCUT2D eigenvalue weighted by atomic mass is 19.4. The van der Waals surface area contributed by atoms with Crippen LogP contribution in [-0.4, -0.2) is 68.9 Å². The van der Waals surface area contributed by atoms with Crippen molar-refractivity contribution in [2.75, 3.05) is 0 Å². The second-order valence-electron chi connectivity index (χ2n) is 28.1. The molecule has 0 radical (unpaired) electrons. The number of hydrogen-bond donors (Lipinski definition) is 0. The molecule has 6 heterocycles. The van der Waals surface area contributed by atoms with Gasteiger partial charge >= 0.3 is 6.18 Å². The summed E-state index contributed by atoms with van der Waals surface area (Å²) in [5, 5.41) is 15.1. The van der Waals surface area contributed by atoms with Crippen molar-refractivity contribution in [2.45, 2.75) is 6.18 Å². The van der Waals surface area contributed by atoms with Gasteiger partial charge in [0.2, 0.25) is 0 Å². The number of nitrogens with zero attached hydrogens (tertiary/aromatic N) is 16. The van der Waals surface area contributed by atoms with Crippen LogP contribution >= 0.6 is 0 Å². The summed E-state index contributed by atoms with van der Waals surface area (Å²) in [6.45, 7) is 8.63. The number of fused-ring (bicyclic) bond motifs is 6. The first kappa shape index (κ1) is 70.6. The highest BCUT2D eigenvalue weighted by Gasteiger charge is 2.36. The highest BCUT2D eigenvalue weighted by Crippen LogP contribution is 2.48. The minimum atomic E-state index is -4.97. The SMILES string of the molecule is [C-]#[N+]c1cccc(C(F)(F)F)c1-c1cc(-n2c3ccc(-c4nc(-c5ccccc5)nc(-c5ccccc5)n4)cc3c3cc(-c4nc(-c5ccccc5)nc(-c5ccccc5)n4)ccc32)c(C#N)c(-n2c3ccc(-c4nc(-c5ccccc5)nc(-c5ccccc5)n4)cc3c3cc(-c4nc(-c5ccccc5)nc(-c5ccccc5)n4)ccc32)c1. The zero-order valence-electron chi connectivity index (χ0n) is 62.2. The summed E-state index contributed by atoms with van der Waals surface area (Å²) >= 11 is 0. The van der Waals surface area contributed by atoms with Crippen molar-refractivity contribution in [2.24, 2.45) is 0 Å². The molecule has 14 aromatic carbocycles. The van der Waals surface area contributed by atoms with Crippen LogP contribution in [0.15, 0.2) is 346 Å². The third-order valence-corrected chi connectivity index (χ3v) is 20.8. The number of rotatable bonds is 15. The van der Waals surface area contributed by atoms with Crippen LogP contribution in [0.4, 0.5) is 18.9 Å². The molecule has 554 valence electrons. The molecule has 0 saturated carbocycles. The third-order valence-electron chi connectivity index (χ3n) is 20.8. The second-order valence-corrected chi connectivity index (χ2v) is 28.1. The molecule has 0 atom stereocenters. The first-order valence-electron chi connectivity index (χ1n) is 37.8. The molecule has 16 nitrogen and oxygen atoms in total. The van der Waals surface area contributed by atoms with Crippen LogP contribution in [0.25, 0.3) is 208 Å². The van der Waals surface area contributed by atoms with Crippen molar-refractivity contribution in [1.29, 1.82) is 5.26 Å². The summed E-state index contributed by atoms with van der Waals surface area (Å²) in [6.07, 6.45) is -4.97. The lowest BCUT2D eigenvalue weighted by atomic mass is 9.94. The van der Waals surface area contributed by atoms with Gasteiger partial charge in [-0.2, -0.15) is 18.4 Å². The van der Waals surface area contributed by atoms with Crippen molar-refractivity contribution < 1.29 is 13.2 Å². The molecule has 20 rings (SSSR count). The minimum Gasteiger partial charge on any atom is -0.308 e. The van der Waals surface area contributed by atoms with Crippen molar-refractivity contribution in [3.63, 3.8) is 0 Å². The molecule has 20 aromatic rings. The second kappa shape index (κ2) is 29.5. The van der Waals surface area contributed by atoms with Gasteiger partial charge in [0.25, 0.3) is 0 Å². The third kappa shape index (κ3) is 13.1. The van der Waals surface area contributed by atoms with Crippen LogP contribution in [-0.2, 0) is 6.18 Å². The van der Waals surface area contributed by atoms with E-state index in [0.29, 0.717) is 136 Å². The molecular weight excluding hydrogens is 1470 g/mol. The van der Waals surface area contributed by atoms with Crippen LogP contribution in [0.2, 0.25) is 0 Å². The molecule has 118 heavy (non-hydrogen) atoms. The van der Waals surface area contributed by atoms with E-state index in [2.05, 4.69) is 10.9 Å². The molecule has 0 aliphatic heterocycles. The Bertz CT molecular complexity index is 6420. The van der Waals surface area contributed by atoms with E-state index >= 15 is 13.2 Å². The maximum Gasteiger partial charge on any atom is 0.415 e. The largest absolute Gasteiger partial charge is 0.415 e. The molecule has 0 saturated heterocycles. The zero-order valence-corrected chi connectivity index (χ0v) is 62.2. The number of aromatic nitrogens is 14. The van der Waals surface area contributed by atoms with Crippen molar-refractivity contribution in [3.8, 4) is 165 Å². The molecule has 0 unspecified atom stereocenters. The van der Waals surface area contributed by atoms with Gasteiger partial charge in [-0.25, -0.2) is 64.7 Å². The monoisotopic (exact) mass is 1530 g/mol.